The molecular weight excluding hydrogens is 380 g/mol. The molecule has 0 saturated heterocycles. The van der Waals surface area contributed by atoms with Gasteiger partial charge in [0.1, 0.15) is 5.75 Å². The molecule has 3 aromatic carbocycles. The van der Waals surface area contributed by atoms with E-state index in [1.807, 2.05) is 60.7 Å². The maximum atomic E-state index is 12.9. The van der Waals surface area contributed by atoms with Crippen molar-refractivity contribution < 1.29 is 13.7 Å². The van der Waals surface area contributed by atoms with E-state index in [0.717, 1.165) is 22.5 Å². The maximum Gasteiger partial charge on any atom is 0.396 e. The van der Waals surface area contributed by atoms with Crippen LogP contribution in [0.15, 0.2) is 80.8 Å². The van der Waals surface area contributed by atoms with E-state index in [9.17, 15) is 14.1 Å². The highest BCUT2D eigenvalue weighted by Gasteiger charge is 2.21. The number of phenolic OH excluding ortho intramolecular Hbond substituents is 1. The molecule has 1 unspecified atom stereocenters. The van der Waals surface area contributed by atoms with Crippen molar-refractivity contribution in [2.45, 2.75) is 17.1 Å². The van der Waals surface area contributed by atoms with Crippen LogP contribution in [0.25, 0.3) is 10.3 Å². The van der Waals surface area contributed by atoms with Gasteiger partial charge in [0.05, 0.1) is 26.1 Å². The van der Waals surface area contributed by atoms with Crippen molar-refractivity contribution in [3.63, 3.8) is 0 Å². The minimum atomic E-state index is -1.45. The second-order valence-corrected chi connectivity index (χ2v) is 8.49. The predicted octanol–water partition coefficient (Wildman–Crippen LogP) is 4.46. The van der Waals surface area contributed by atoms with E-state index in [-0.39, 0.29) is 11.5 Å². The van der Waals surface area contributed by atoms with Gasteiger partial charge in [-0.05, 0) is 11.1 Å². The van der Waals surface area contributed by atoms with E-state index >= 15 is 0 Å². The Kier molecular flexibility index (Phi) is 4.92. The second kappa shape index (κ2) is 7.50. The summed E-state index contributed by atoms with van der Waals surface area (Å²) >= 11 is 0.933. The van der Waals surface area contributed by atoms with Gasteiger partial charge in [-0.2, -0.15) is 0 Å². The highest BCUT2D eigenvalue weighted by atomic mass is 32.2. The van der Waals surface area contributed by atoms with E-state index < -0.39 is 15.7 Å². The van der Waals surface area contributed by atoms with Crippen LogP contribution in [0.4, 0.5) is 0 Å². The van der Waals surface area contributed by atoms with Crippen LogP contribution in [0.5, 0.6) is 5.75 Å². The molecule has 1 atom stereocenters. The summed E-state index contributed by atoms with van der Waals surface area (Å²) in [6, 6.07) is 20.6. The van der Waals surface area contributed by atoms with E-state index in [4.69, 9.17) is 4.42 Å². The quantitative estimate of drug-likeness (QED) is 0.541. The summed E-state index contributed by atoms with van der Waals surface area (Å²) in [6.07, 6.45) is 0.463. The molecule has 0 aliphatic heterocycles. The Labute approximate surface area is 162 Å². The van der Waals surface area contributed by atoms with Gasteiger partial charge in [-0.15, -0.1) is 0 Å². The third-order valence-corrected chi connectivity index (χ3v) is 6.54. The van der Waals surface area contributed by atoms with Gasteiger partial charge in [0.15, 0.2) is 5.58 Å². The Bertz CT molecular complexity index is 1160. The molecule has 0 saturated carbocycles. The van der Waals surface area contributed by atoms with Gasteiger partial charge in [0, 0.05) is 18.1 Å². The first-order chi connectivity index (χ1) is 13.1. The van der Waals surface area contributed by atoms with Crippen LogP contribution in [-0.4, -0.2) is 9.32 Å². The van der Waals surface area contributed by atoms with Gasteiger partial charge in [-0.1, -0.05) is 72.0 Å². The molecule has 1 N–H and O–H groups in total. The SMILES string of the molecule is O=c1oc2c(S(=O)Cc3ccccc3)cc(O)c(Cc3ccccc3)c2s1. The van der Waals surface area contributed by atoms with Crippen molar-refractivity contribution >= 4 is 32.4 Å². The van der Waals surface area contributed by atoms with Crippen LogP contribution < -0.4 is 4.94 Å². The number of hydrogen-bond acceptors (Lipinski definition) is 5. The summed E-state index contributed by atoms with van der Waals surface area (Å²) in [7, 11) is -1.45. The fourth-order valence-corrected chi connectivity index (χ4v) is 5.12. The number of rotatable bonds is 5. The van der Waals surface area contributed by atoms with Gasteiger partial charge in [-0.25, -0.2) is 4.79 Å². The predicted molar refractivity (Wildman–Crippen MR) is 108 cm³/mol. The zero-order chi connectivity index (χ0) is 18.8. The molecule has 1 aromatic heterocycles. The number of aromatic hydroxyl groups is 1. The first-order valence-corrected chi connectivity index (χ1v) is 10.5. The molecule has 0 bridgehead atoms. The Morgan fingerprint density at radius 2 is 1.59 bits per heavy atom. The van der Waals surface area contributed by atoms with E-state index in [1.54, 1.807) is 0 Å². The highest BCUT2D eigenvalue weighted by Crippen LogP contribution is 2.36. The molecule has 4 rings (SSSR count). The minimum absolute atomic E-state index is 0.0276. The lowest BCUT2D eigenvalue weighted by atomic mass is 10.0. The maximum absolute atomic E-state index is 12.9. The van der Waals surface area contributed by atoms with E-state index in [0.29, 0.717) is 27.2 Å². The Morgan fingerprint density at radius 1 is 0.963 bits per heavy atom. The van der Waals surface area contributed by atoms with Crippen molar-refractivity contribution in [1.82, 2.24) is 0 Å². The zero-order valence-corrected chi connectivity index (χ0v) is 15.9. The number of phenols is 1. The van der Waals surface area contributed by atoms with E-state index in [2.05, 4.69) is 0 Å². The molecule has 0 fully saturated rings. The fourth-order valence-electron chi connectivity index (χ4n) is 2.98. The Hall–Kier alpha value is -2.70. The standard InChI is InChI=1S/C21H16O4S2/c22-17-12-18(27(24)13-15-9-5-2-6-10-15)19-20(26-21(23)25-19)16(17)11-14-7-3-1-4-8-14/h1-10,12,22H,11,13H2. The molecule has 4 aromatic rings. The Morgan fingerprint density at radius 3 is 2.26 bits per heavy atom. The van der Waals surface area contributed by atoms with Gasteiger partial charge in [-0.3, -0.25) is 4.21 Å². The van der Waals surface area contributed by atoms with Crippen molar-refractivity contribution in [3.8, 4) is 5.75 Å². The van der Waals surface area contributed by atoms with Crippen LogP contribution in [0.2, 0.25) is 0 Å². The molecule has 136 valence electrons. The minimum Gasteiger partial charge on any atom is -0.508 e. The van der Waals surface area contributed by atoms with Crippen molar-refractivity contribution in [3.05, 3.63) is 93.2 Å². The lowest BCUT2D eigenvalue weighted by Gasteiger charge is -2.09. The summed E-state index contributed by atoms with van der Waals surface area (Å²) in [5, 5.41) is 10.6. The van der Waals surface area contributed by atoms with Crippen LogP contribution in [0.3, 0.4) is 0 Å². The van der Waals surface area contributed by atoms with Gasteiger partial charge in [0.25, 0.3) is 0 Å². The smallest absolute Gasteiger partial charge is 0.396 e. The van der Waals surface area contributed by atoms with Gasteiger partial charge < -0.3 is 9.52 Å². The number of hydrogen-bond donors (Lipinski definition) is 1. The third-order valence-electron chi connectivity index (χ3n) is 4.26. The lowest BCUT2D eigenvalue weighted by molar-refractivity contribution is 0.468. The number of benzene rings is 3. The summed E-state index contributed by atoms with van der Waals surface area (Å²) in [4.78, 5) is 11.8. The summed E-state index contributed by atoms with van der Waals surface area (Å²) in [5.74, 6) is 0.312. The molecule has 0 spiro atoms. The monoisotopic (exact) mass is 396 g/mol. The average molecular weight is 396 g/mol. The average Bonchev–Trinajstić information content (AvgIpc) is 3.07. The molecular formula is C21H16O4S2. The second-order valence-electron chi connectivity index (χ2n) is 6.12. The van der Waals surface area contributed by atoms with Crippen LogP contribution in [0, 0.1) is 0 Å². The van der Waals surface area contributed by atoms with E-state index in [1.165, 1.54) is 6.07 Å². The molecule has 0 amide bonds. The summed E-state index contributed by atoms with van der Waals surface area (Å²) < 4.78 is 18.8. The normalized spacial score (nSPS) is 12.3. The number of fused-ring (bicyclic) bond motifs is 1. The lowest BCUT2D eigenvalue weighted by Crippen LogP contribution is -1.99. The van der Waals surface area contributed by atoms with Crippen molar-refractivity contribution in [2.24, 2.45) is 0 Å². The summed E-state index contributed by atoms with van der Waals surface area (Å²) in [6.45, 7) is 0. The van der Waals surface area contributed by atoms with Crippen LogP contribution in [-0.2, 0) is 23.0 Å². The molecule has 4 nitrogen and oxygen atoms in total. The molecule has 1 heterocycles. The third kappa shape index (κ3) is 3.72. The van der Waals surface area contributed by atoms with Crippen LogP contribution >= 0.6 is 11.3 Å². The van der Waals surface area contributed by atoms with Crippen LogP contribution in [0.1, 0.15) is 16.7 Å². The fraction of sp³-hybridized carbons (Fsp3) is 0.0952. The highest BCUT2D eigenvalue weighted by molar-refractivity contribution is 7.84. The first kappa shape index (κ1) is 17.7. The molecule has 0 aliphatic rings. The topological polar surface area (TPSA) is 67.5 Å². The molecule has 27 heavy (non-hydrogen) atoms. The molecule has 6 heteroatoms. The zero-order valence-electron chi connectivity index (χ0n) is 14.3. The molecule has 0 aliphatic carbocycles. The molecule has 0 radical (unpaired) electrons. The first-order valence-electron chi connectivity index (χ1n) is 8.36. The van der Waals surface area contributed by atoms with Gasteiger partial charge >= 0.3 is 4.94 Å². The Balaban J connectivity index is 1.78. The largest absolute Gasteiger partial charge is 0.508 e. The van der Waals surface area contributed by atoms with Gasteiger partial charge in [0.2, 0.25) is 0 Å². The van der Waals surface area contributed by atoms with Crippen molar-refractivity contribution in [1.29, 1.82) is 0 Å². The van der Waals surface area contributed by atoms with Crippen molar-refractivity contribution in [2.75, 3.05) is 0 Å². The summed E-state index contributed by atoms with van der Waals surface area (Å²) in [5.41, 5.74) is 2.85.